The van der Waals surface area contributed by atoms with Crippen molar-refractivity contribution in [2.24, 2.45) is 0 Å². The Bertz CT molecular complexity index is 837. The molecule has 1 fully saturated rings. The minimum atomic E-state index is -0.282. The van der Waals surface area contributed by atoms with Crippen LogP contribution in [0.25, 0.3) is 0 Å². The van der Waals surface area contributed by atoms with Crippen LogP contribution in [0.15, 0.2) is 60.6 Å². The Morgan fingerprint density at radius 1 is 1.22 bits per heavy atom. The van der Waals surface area contributed by atoms with Crippen LogP contribution in [-0.4, -0.2) is 42.0 Å². The molecule has 0 aliphatic carbocycles. The van der Waals surface area contributed by atoms with E-state index < -0.39 is 0 Å². The molecular formula is C20H20FN5O. The zero-order valence-corrected chi connectivity index (χ0v) is 14.8. The molecule has 0 radical (unpaired) electrons. The number of piperazine rings is 1. The molecule has 1 saturated heterocycles. The van der Waals surface area contributed by atoms with Crippen LogP contribution < -0.4 is 10.2 Å². The van der Waals surface area contributed by atoms with Gasteiger partial charge in [-0.25, -0.2) is 4.39 Å². The van der Waals surface area contributed by atoms with Crippen molar-refractivity contribution in [1.82, 2.24) is 15.2 Å². The number of hydrogen-bond donors (Lipinski definition) is 1. The van der Waals surface area contributed by atoms with Gasteiger partial charge in [-0.1, -0.05) is 6.07 Å². The highest BCUT2D eigenvalue weighted by Crippen LogP contribution is 2.17. The van der Waals surface area contributed by atoms with Gasteiger partial charge in [0.05, 0.1) is 0 Å². The largest absolute Gasteiger partial charge is 0.386 e. The summed E-state index contributed by atoms with van der Waals surface area (Å²) in [6.45, 7) is 2.79. The summed E-state index contributed by atoms with van der Waals surface area (Å²) in [6, 6.07) is 12.0. The van der Waals surface area contributed by atoms with E-state index in [0.29, 0.717) is 32.7 Å². The van der Waals surface area contributed by atoms with Gasteiger partial charge in [-0.3, -0.25) is 9.78 Å². The highest BCUT2D eigenvalue weighted by molar-refractivity contribution is 5.97. The number of nitrogens with one attached hydrogen (secondary N) is 1. The van der Waals surface area contributed by atoms with Crippen molar-refractivity contribution < 1.29 is 9.18 Å². The first-order valence-corrected chi connectivity index (χ1v) is 8.70. The quantitative estimate of drug-likeness (QED) is 0.649. The smallest absolute Gasteiger partial charge is 0.266 e. The van der Waals surface area contributed by atoms with Gasteiger partial charge in [-0.2, -0.15) is 5.26 Å². The van der Waals surface area contributed by atoms with Crippen molar-refractivity contribution in [1.29, 1.82) is 5.26 Å². The van der Waals surface area contributed by atoms with Gasteiger partial charge in [-0.05, 0) is 35.9 Å². The lowest BCUT2D eigenvalue weighted by Gasteiger charge is -2.36. The molecule has 1 N–H and O–H groups in total. The van der Waals surface area contributed by atoms with Gasteiger partial charge in [-0.15, -0.1) is 0 Å². The van der Waals surface area contributed by atoms with Crippen molar-refractivity contribution in [2.45, 2.75) is 6.54 Å². The fourth-order valence-corrected chi connectivity index (χ4v) is 2.91. The van der Waals surface area contributed by atoms with Crippen LogP contribution >= 0.6 is 0 Å². The third-order valence-electron chi connectivity index (χ3n) is 4.38. The lowest BCUT2D eigenvalue weighted by atomic mass is 10.2. The van der Waals surface area contributed by atoms with Crippen molar-refractivity contribution in [2.75, 3.05) is 31.1 Å². The molecule has 6 nitrogen and oxygen atoms in total. The van der Waals surface area contributed by atoms with Gasteiger partial charge in [0.2, 0.25) is 0 Å². The Labute approximate surface area is 157 Å². The summed E-state index contributed by atoms with van der Waals surface area (Å²) in [4.78, 5) is 20.4. The van der Waals surface area contributed by atoms with Gasteiger partial charge in [0, 0.05) is 57.0 Å². The third-order valence-corrected chi connectivity index (χ3v) is 4.38. The molecule has 2 heterocycles. The van der Waals surface area contributed by atoms with Gasteiger partial charge in [0.15, 0.2) is 0 Å². The summed E-state index contributed by atoms with van der Waals surface area (Å²) in [5.41, 5.74) is 1.97. The highest BCUT2D eigenvalue weighted by atomic mass is 19.1. The van der Waals surface area contributed by atoms with Crippen molar-refractivity contribution >= 4 is 11.6 Å². The maximum absolute atomic E-state index is 13.0. The first kappa shape index (κ1) is 18.4. The maximum Gasteiger partial charge on any atom is 0.266 e. The van der Waals surface area contributed by atoms with Crippen LogP contribution in [0.5, 0.6) is 0 Å². The summed E-state index contributed by atoms with van der Waals surface area (Å²) >= 11 is 0. The van der Waals surface area contributed by atoms with E-state index in [0.717, 1.165) is 11.3 Å². The van der Waals surface area contributed by atoms with Crippen LogP contribution in [0.1, 0.15) is 5.56 Å². The minimum Gasteiger partial charge on any atom is -0.386 e. The van der Waals surface area contributed by atoms with E-state index in [2.05, 4.69) is 15.2 Å². The Kier molecular flexibility index (Phi) is 6.00. The first-order valence-electron chi connectivity index (χ1n) is 8.70. The fourth-order valence-electron chi connectivity index (χ4n) is 2.91. The second-order valence-electron chi connectivity index (χ2n) is 6.17. The summed E-state index contributed by atoms with van der Waals surface area (Å²) in [7, 11) is 0. The molecule has 138 valence electrons. The number of carbonyl (C=O) groups is 1. The number of anilines is 1. The SMILES string of the molecule is N#C/C(=C/NCc1cccnc1)C(=O)N1CCN(c2ccc(F)cc2)CC1. The molecule has 1 aromatic heterocycles. The number of halogens is 1. The molecule has 3 rings (SSSR count). The number of aromatic nitrogens is 1. The summed E-state index contributed by atoms with van der Waals surface area (Å²) in [5, 5.41) is 12.3. The Balaban J connectivity index is 1.54. The molecule has 0 spiro atoms. The Morgan fingerprint density at radius 2 is 1.96 bits per heavy atom. The molecule has 1 aromatic carbocycles. The standard InChI is InChI=1S/C20H20FN5O/c21-18-3-5-19(6-4-18)25-8-10-26(11-9-25)20(27)17(12-22)15-24-14-16-2-1-7-23-13-16/h1-7,13,15,24H,8-11,14H2/b17-15-. The molecule has 0 bridgehead atoms. The molecule has 1 aliphatic heterocycles. The van der Waals surface area contributed by atoms with Crippen molar-refractivity contribution in [3.8, 4) is 6.07 Å². The third kappa shape index (κ3) is 4.82. The highest BCUT2D eigenvalue weighted by Gasteiger charge is 2.23. The molecule has 2 aromatic rings. The van der Waals surface area contributed by atoms with Crippen LogP contribution in [0.2, 0.25) is 0 Å². The molecule has 1 amide bonds. The number of benzene rings is 1. The number of rotatable bonds is 5. The summed E-state index contributed by atoms with van der Waals surface area (Å²) in [5.74, 6) is -0.551. The lowest BCUT2D eigenvalue weighted by Crippen LogP contribution is -2.49. The molecule has 1 aliphatic rings. The molecule has 27 heavy (non-hydrogen) atoms. The zero-order chi connectivity index (χ0) is 19.1. The van der Waals surface area contributed by atoms with Crippen molar-refractivity contribution in [3.05, 3.63) is 71.9 Å². The van der Waals surface area contributed by atoms with Crippen LogP contribution in [0.4, 0.5) is 10.1 Å². The monoisotopic (exact) mass is 365 g/mol. The number of pyridine rings is 1. The van der Waals surface area contributed by atoms with E-state index in [4.69, 9.17) is 0 Å². The van der Waals surface area contributed by atoms with E-state index in [1.54, 1.807) is 29.4 Å². The summed E-state index contributed by atoms with van der Waals surface area (Å²) in [6.07, 6.45) is 4.88. The topological polar surface area (TPSA) is 72.3 Å². The zero-order valence-electron chi connectivity index (χ0n) is 14.8. The predicted molar refractivity (Wildman–Crippen MR) is 100.0 cm³/mol. The Hall–Kier alpha value is -3.40. The lowest BCUT2D eigenvalue weighted by molar-refractivity contribution is -0.127. The molecule has 0 unspecified atom stereocenters. The minimum absolute atomic E-state index is 0.0779. The van der Waals surface area contributed by atoms with Gasteiger partial charge < -0.3 is 15.1 Å². The van der Waals surface area contributed by atoms with Crippen LogP contribution in [0, 0.1) is 17.1 Å². The number of hydrogen-bond acceptors (Lipinski definition) is 5. The Morgan fingerprint density at radius 3 is 2.59 bits per heavy atom. The van der Waals surface area contributed by atoms with Crippen LogP contribution in [0.3, 0.4) is 0 Å². The molecule has 0 atom stereocenters. The maximum atomic E-state index is 13.0. The van der Waals surface area contributed by atoms with E-state index in [1.807, 2.05) is 18.2 Å². The van der Waals surface area contributed by atoms with Gasteiger partial charge in [0.1, 0.15) is 17.5 Å². The normalized spacial score (nSPS) is 14.6. The second-order valence-corrected chi connectivity index (χ2v) is 6.17. The summed E-state index contributed by atoms with van der Waals surface area (Å²) < 4.78 is 13.0. The number of carbonyl (C=O) groups excluding carboxylic acids is 1. The van der Waals surface area contributed by atoms with Gasteiger partial charge in [0.25, 0.3) is 5.91 Å². The number of amides is 1. The fraction of sp³-hybridized carbons (Fsp3) is 0.250. The van der Waals surface area contributed by atoms with E-state index in [-0.39, 0.29) is 17.3 Å². The van der Waals surface area contributed by atoms with E-state index in [1.165, 1.54) is 18.3 Å². The van der Waals surface area contributed by atoms with Crippen LogP contribution in [-0.2, 0) is 11.3 Å². The van der Waals surface area contributed by atoms with Crippen molar-refractivity contribution in [3.63, 3.8) is 0 Å². The predicted octanol–water partition coefficient (Wildman–Crippen LogP) is 2.07. The average Bonchev–Trinajstić information content (AvgIpc) is 2.72. The number of nitriles is 1. The first-order chi connectivity index (χ1) is 13.2. The van der Waals surface area contributed by atoms with E-state index >= 15 is 0 Å². The average molecular weight is 365 g/mol. The number of nitrogens with zero attached hydrogens (tertiary/aromatic N) is 4. The molecule has 7 heteroatoms. The molecular weight excluding hydrogens is 345 g/mol. The van der Waals surface area contributed by atoms with E-state index in [9.17, 15) is 14.4 Å². The molecule has 0 saturated carbocycles. The van der Waals surface area contributed by atoms with Gasteiger partial charge >= 0.3 is 0 Å². The second kappa shape index (κ2) is 8.81.